The molecule has 1 amide bonds. The SMILES string of the molecule is CC1=C(C(=O)Nc2ccccc2)N=CC2(O1)N(C)c1ccccc1C2(C)C. The van der Waals surface area contributed by atoms with E-state index >= 15 is 0 Å². The van der Waals surface area contributed by atoms with Crippen molar-refractivity contribution in [3.63, 3.8) is 0 Å². The van der Waals surface area contributed by atoms with Crippen molar-refractivity contribution in [2.45, 2.75) is 31.9 Å². The fourth-order valence-corrected chi connectivity index (χ4v) is 4.01. The second-order valence-electron chi connectivity index (χ2n) is 7.48. The minimum Gasteiger partial charge on any atom is -0.464 e. The summed E-state index contributed by atoms with van der Waals surface area (Å²) in [7, 11) is 2.00. The number of carbonyl (C=O) groups is 1. The summed E-state index contributed by atoms with van der Waals surface area (Å²) < 4.78 is 6.41. The highest BCUT2D eigenvalue weighted by atomic mass is 16.5. The lowest BCUT2D eigenvalue weighted by atomic mass is 9.77. The number of hydrogen-bond donors (Lipinski definition) is 1. The molecule has 4 rings (SSSR count). The molecule has 0 saturated heterocycles. The molecule has 2 heterocycles. The lowest BCUT2D eigenvalue weighted by Gasteiger charge is -2.44. The van der Waals surface area contributed by atoms with Crippen LogP contribution < -0.4 is 10.2 Å². The zero-order chi connectivity index (χ0) is 19.2. The molecule has 2 aromatic carbocycles. The smallest absolute Gasteiger partial charge is 0.277 e. The van der Waals surface area contributed by atoms with Crippen LogP contribution in [0.2, 0.25) is 0 Å². The number of ether oxygens (including phenoxy) is 1. The molecule has 5 heteroatoms. The van der Waals surface area contributed by atoms with Crippen LogP contribution in [0.5, 0.6) is 0 Å². The lowest BCUT2D eigenvalue weighted by molar-refractivity contribution is -0.113. The average Bonchev–Trinajstić information content (AvgIpc) is 2.82. The Hall–Kier alpha value is -3.08. The van der Waals surface area contributed by atoms with E-state index in [1.165, 1.54) is 5.56 Å². The summed E-state index contributed by atoms with van der Waals surface area (Å²) in [4.78, 5) is 19.3. The normalized spacial score (nSPS) is 22.6. The Morgan fingerprint density at radius 1 is 1.07 bits per heavy atom. The molecule has 1 atom stereocenters. The molecule has 5 nitrogen and oxygen atoms in total. The maximum Gasteiger partial charge on any atom is 0.277 e. The Morgan fingerprint density at radius 2 is 1.74 bits per heavy atom. The van der Waals surface area contributed by atoms with Crippen LogP contribution in [0.25, 0.3) is 0 Å². The van der Waals surface area contributed by atoms with Gasteiger partial charge in [0.2, 0.25) is 5.72 Å². The van der Waals surface area contributed by atoms with Crippen molar-refractivity contribution in [2.24, 2.45) is 4.99 Å². The Bertz CT molecular complexity index is 963. The highest BCUT2D eigenvalue weighted by Gasteiger charge is 2.58. The van der Waals surface area contributed by atoms with Gasteiger partial charge in [-0.1, -0.05) is 36.4 Å². The first-order valence-corrected chi connectivity index (χ1v) is 9.02. The molecule has 2 aromatic rings. The number of anilines is 2. The lowest BCUT2D eigenvalue weighted by Crippen LogP contribution is -2.58. The van der Waals surface area contributed by atoms with Crippen molar-refractivity contribution < 1.29 is 9.53 Å². The molecule has 0 bridgehead atoms. The summed E-state index contributed by atoms with van der Waals surface area (Å²) in [6, 6.07) is 17.6. The van der Waals surface area contributed by atoms with E-state index in [2.05, 4.69) is 41.2 Å². The van der Waals surface area contributed by atoms with Gasteiger partial charge in [0.25, 0.3) is 5.91 Å². The van der Waals surface area contributed by atoms with Crippen molar-refractivity contribution in [3.8, 4) is 0 Å². The van der Waals surface area contributed by atoms with Gasteiger partial charge < -0.3 is 15.0 Å². The average molecular weight is 361 g/mol. The summed E-state index contributed by atoms with van der Waals surface area (Å²) in [5.41, 5.74) is 2.23. The van der Waals surface area contributed by atoms with Crippen molar-refractivity contribution in [1.29, 1.82) is 0 Å². The minimum atomic E-state index is -0.767. The van der Waals surface area contributed by atoms with Crippen LogP contribution in [0, 0.1) is 0 Å². The number of rotatable bonds is 2. The van der Waals surface area contributed by atoms with E-state index in [0.717, 1.165) is 11.4 Å². The maximum atomic E-state index is 12.7. The van der Waals surface area contributed by atoms with Crippen LogP contribution in [0.15, 0.2) is 71.0 Å². The van der Waals surface area contributed by atoms with Gasteiger partial charge in [-0.05, 0) is 44.5 Å². The number of fused-ring (bicyclic) bond motifs is 1. The number of para-hydroxylation sites is 2. The van der Waals surface area contributed by atoms with Crippen molar-refractivity contribution in [1.82, 2.24) is 0 Å². The number of nitrogens with zero attached hydrogens (tertiary/aromatic N) is 2. The highest BCUT2D eigenvalue weighted by molar-refractivity contribution is 6.05. The Morgan fingerprint density at radius 3 is 2.41 bits per heavy atom. The number of benzene rings is 2. The molecule has 0 saturated carbocycles. The van der Waals surface area contributed by atoms with Gasteiger partial charge in [-0.15, -0.1) is 0 Å². The number of amides is 1. The van der Waals surface area contributed by atoms with Gasteiger partial charge in [0.15, 0.2) is 5.70 Å². The van der Waals surface area contributed by atoms with Crippen molar-refractivity contribution >= 4 is 23.5 Å². The third-order valence-corrected chi connectivity index (χ3v) is 5.59. The third-order valence-electron chi connectivity index (χ3n) is 5.59. The van der Waals surface area contributed by atoms with Crippen LogP contribution in [-0.4, -0.2) is 24.9 Å². The summed E-state index contributed by atoms with van der Waals surface area (Å²) in [6.07, 6.45) is 1.76. The molecule has 1 N–H and O–H groups in total. The number of carbonyl (C=O) groups excluding carboxylic acids is 1. The molecule has 1 spiro atoms. The topological polar surface area (TPSA) is 53.9 Å². The van der Waals surface area contributed by atoms with Gasteiger partial charge in [-0.25, -0.2) is 4.99 Å². The summed E-state index contributed by atoms with van der Waals surface area (Å²) in [6.45, 7) is 6.08. The second-order valence-corrected chi connectivity index (χ2v) is 7.48. The molecule has 0 aromatic heterocycles. The Kier molecular flexibility index (Phi) is 3.84. The van der Waals surface area contributed by atoms with Gasteiger partial charge in [0.1, 0.15) is 5.76 Å². The molecule has 0 aliphatic carbocycles. The van der Waals surface area contributed by atoms with E-state index < -0.39 is 5.72 Å². The Labute approximate surface area is 159 Å². The van der Waals surface area contributed by atoms with Gasteiger partial charge in [0, 0.05) is 18.4 Å². The first-order chi connectivity index (χ1) is 12.9. The summed E-state index contributed by atoms with van der Waals surface area (Å²) in [5, 5.41) is 2.87. The first kappa shape index (κ1) is 17.3. The van der Waals surface area contributed by atoms with Gasteiger partial charge in [-0.2, -0.15) is 0 Å². The Balaban J connectivity index is 1.66. The van der Waals surface area contributed by atoms with Crippen LogP contribution in [0.3, 0.4) is 0 Å². The molecule has 2 aliphatic rings. The molecule has 1 unspecified atom stereocenters. The fraction of sp³-hybridized carbons (Fsp3) is 0.273. The van der Waals surface area contributed by atoms with Crippen LogP contribution in [-0.2, 0) is 14.9 Å². The number of allylic oxidation sites excluding steroid dienone is 1. The molecular weight excluding hydrogens is 338 g/mol. The van der Waals surface area contributed by atoms with Crippen molar-refractivity contribution in [2.75, 3.05) is 17.3 Å². The largest absolute Gasteiger partial charge is 0.464 e. The van der Waals surface area contributed by atoms with E-state index in [9.17, 15) is 4.79 Å². The number of aliphatic imine (C=N–C) groups is 1. The summed E-state index contributed by atoms with van der Waals surface area (Å²) in [5.74, 6) is 0.236. The fourth-order valence-electron chi connectivity index (χ4n) is 4.01. The van der Waals surface area contributed by atoms with E-state index in [0.29, 0.717) is 11.5 Å². The number of nitrogens with one attached hydrogen (secondary N) is 1. The molecule has 27 heavy (non-hydrogen) atoms. The predicted molar refractivity (Wildman–Crippen MR) is 108 cm³/mol. The van der Waals surface area contributed by atoms with Gasteiger partial charge >= 0.3 is 0 Å². The van der Waals surface area contributed by atoms with Crippen LogP contribution in [0.1, 0.15) is 26.3 Å². The van der Waals surface area contributed by atoms with Crippen molar-refractivity contribution in [3.05, 3.63) is 71.6 Å². The third kappa shape index (κ3) is 2.46. The predicted octanol–water partition coefficient (Wildman–Crippen LogP) is 4.08. The standard InChI is InChI=1S/C22H23N3O2/c1-15-19(20(26)24-16-10-6-5-7-11-16)23-14-22(27-15)21(2,3)17-12-8-9-13-18(17)25(22)4/h5-14H,1-4H3,(H,24,26). The second kappa shape index (κ2) is 5.98. The highest BCUT2D eigenvalue weighted by Crippen LogP contribution is 2.52. The van der Waals surface area contributed by atoms with Crippen LogP contribution in [0.4, 0.5) is 11.4 Å². The minimum absolute atomic E-state index is 0.277. The van der Waals surface area contributed by atoms with E-state index in [1.807, 2.05) is 49.5 Å². The monoisotopic (exact) mass is 361 g/mol. The molecular formula is C22H23N3O2. The number of hydrogen-bond acceptors (Lipinski definition) is 4. The van der Waals surface area contributed by atoms with E-state index in [4.69, 9.17) is 4.74 Å². The van der Waals surface area contributed by atoms with E-state index in [1.54, 1.807) is 13.1 Å². The first-order valence-electron chi connectivity index (χ1n) is 9.02. The quantitative estimate of drug-likeness (QED) is 0.877. The van der Waals surface area contributed by atoms with Crippen LogP contribution >= 0.6 is 0 Å². The molecule has 138 valence electrons. The van der Waals surface area contributed by atoms with E-state index in [-0.39, 0.29) is 11.3 Å². The van der Waals surface area contributed by atoms with Gasteiger partial charge in [0.05, 0.1) is 11.6 Å². The van der Waals surface area contributed by atoms with Gasteiger partial charge in [-0.3, -0.25) is 4.79 Å². The maximum absolute atomic E-state index is 12.7. The zero-order valence-electron chi connectivity index (χ0n) is 16.0. The summed E-state index contributed by atoms with van der Waals surface area (Å²) >= 11 is 0. The molecule has 0 radical (unpaired) electrons. The number of likely N-dealkylation sites (N-methyl/N-ethyl adjacent to an activating group) is 1. The molecule has 2 aliphatic heterocycles. The zero-order valence-corrected chi connectivity index (χ0v) is 16.0. The molecule has 0 fully saturated rings.